The molecule has 138 valence electrons. The molecule has 0 saturated carbocycles. The number of hydrogen-bond donors (Lipinski definition) is 1. The standard InChI is InChI=1S/C17H25FN2O2.2ClH/c1-21-16-3-2-14(12-15(16)18)17(13-4-10-22-11-5-13)20-8-6-19-7-9-20;;/h2-3,12-13,17,19H,4-11H2,1H3;2*1H/t17-;;/m1../s1. The molecule has 0 radical (unpaired) electrons. The fourth-order valence-electron chi connectivity index (χ4n) is 3.64. The molecule has 2 heterocycles. The quantitative estimate of drug-likeness (QED) is 0.870. The van der Waals surface area contributed by atoms with Gasteiger partial charge in [0.1, 0.15) is 0 Å². The lowest BCUT2D eigenvalue weighted by molar-refractivity contribution is 0.0212. The lowest BCUT2D eigenvalue weighted by Crippen LogP contribution is -2.47. The molecule has 0 aromatic heterocycles. The third kappa shape index (κ3) is 4.96. The molecule has 1 N–H and O–H groups in total. The Morgan fingerprint density at radius 3 is 2.46 bits per heavy atom. The Balaban J connectivity index is 0.00000144. The molecule has 2 aliphatic rings. The molecule has 2 aliphatic heterocycles. The van der Waals surface area contributed by atoms with Crippen LogP contribution in [0.5, 0.6) is 5.75 Å². The van der Waals surface area contributed by atoms with Gasteiger partial charge in [-0.05, 0) is 36.5 Å². The van der Waals surface area contributed by atoms with Gasteiger partial charge in [-0.3, -0.25) is 4.90 Å². The summed E-state index contributed by atoms with van der Waals surface area (Å²) in [6, 6.07) is 5.69. The maximum absolute atomic E-state index is 14.2. The van der Waals surface area contributed by atoms with Gasteiger partial charge < -0.3 is 14.8 Å². The minimum absolute atomic E-state index is 0. The first-order valence-electron chi connectivity index (χ1n) is 8.15. The van der Waals surface area contributed by atoms with E-state index in [-0.39, 0.29) is 36.7 Å². The van der Waals surface area contributed by atoms with E-state index in [4.69, 9.17) is 9.47 Å². The van der Waals surface area contributed by atoms with Crippen LogP contribution in [0.3, 0.4) is 0 Å². The number of nitrogens with one attached hydrogen (secondary N) is 1. The van der Waals surface area contributed by atoms with Crippen molar-refractivity contribution in [2.24, 2.45) is 5.92 Å². The van der Waals surface area contributed by atoms with E-state index in [2.05, 4.69) is 10.2 Å². The van der Waals surface area contributed by atoms with Crippen molar-refractivity contribution in [1.29, 1.82) is 0 Å². The zero-order valence-corrected chi connectivity index (χ0v) is 15.6. The van der Waals surface area contributed by atoms with Gasteiger partial charge >= 0.3 is 0 Å². The molecule has 2 saturated heterocycles. The Kier molecular flexibility index (Phi) is 9.31. The highest BCUT2D eigenvalue weighted by Gasteiger charge is 2.31. The largest absolute Gasteiger partial charge is 0.494 e. The highest BCUT2D eigenvalue weighted by molar-refractivity contribution is 5.85. The van der Waals surface area contributed by atoms with Crippen molar-refractivity contribution < 1.29 is 13.9 Å². The second-order valence-electron chi connectivity index (χ2n) is 6.07. The predicted molar refractivity (Wildman–Crippen MR) is 98.2 cm³/mol. The summed E-state index contributed by atoms with van der Waals surface area (Å²) >= 11 is 0. The van der Waals surface area contributed by atoms with E-state index in [0.717, 1.165) is 57.8 Å². The van der Waals surface area contributed by atoms with Gasteiger partial charge in [0.15, 0.2) is 11.6 Å². The fraction of sp³-hybridized carbons (Fsp3) is 0.647. The number of hydrogen-bond acceptors (Lipinski definition) is 4. The molecule has 0 aliphatic carbocycles. The zero-order chi connectivity index (χ0) is 15.4. The Hall–Kier alpha value is -0.590. The molecule has 0 bridgehead atoms. The first kappa shape index (κ1) is 21.5. The molecule has 2 fully saturated rings. The van der Waals surface area contributed by atoms with Crippen LogP contribution in [-0.2, 0) is 4.74 Å². The third-order valence-electron chi connectivity index (χ3n) is 4.77. The summed E-state index contributed by atoms with van der Waals surface area (Å²) in [5.41, 5.74) is 1.06. The molecule has 1 aromatic carbocycles. The van der Waals surface area contributed by atoms with Gasteiger partial charge in [0.2, 0.25) is 0 Å². The lowest BCUT2D eigenvalue weighted by atomic mass is 9.85. The smallest absolute Gasteiger partial charge is 0.165 e. The normalized spacial score (nSPS) is 20.6. The minimum Gasteiger partial charge on any atom is -0.494 e. The second kappa shape index (κ2) is 10.4. The molecule has 1 aromatic rings. The highest BCUT2D eigenvalue weighted by atomic mass is 35.5. The summed E-state index contributed by atoms with van der Waals surface area (Å²) in [7, 11) is 1.50. The van der Waals surface area contributed by atoms with E-state index in [9.17, 15) is 4.39 Å². The maximum Gasteiger partial charge on any atom is 0.165 e. The van der Waals surface area contributed by atoms with Gasteiger partial charge in [-0.2, -0.15) is 0 Å². The van der Waals surface area contributed by atoms with Crippen molar-refractivity contribution in [3.05, 3.63) is 29.6 Å². The summed E-state index contributed by atoms with van der Waals surface area (Å²) in [4.78, 5) is 2.49. The summed E-state index contributed by atoms with van der Waals surface area (Å²) in [6.45, 7) is 5.64. The Bertz CT molecular complexity index is 477. The van der Waals surface area contributed by atoms with Gasteiger partial charge in [0, 0.05) is 45.4 Å². The van der Waals surface area contributed by atoms with E-state index in [0.29, 0.717) is 11.7 Å². The van der Waals surface area contributed by atoms with Gasteiger partial charge in [-0.25, -0.2) is 4.39 Å². The Morgan fingerprint density at radius 2 is 1.88 bits per heavy atom. The highest BCUT2D eigenvalue weighted by Crippen LogP contribution is 2.36. The van der Waals surface area contributed by atoms with Crippen LogP contribution in [0.1, 0.15) is 24.4 Å². The molecule has 3 rings (SSSR count). The number of benzene rings is 1. The van der Waals surface area contributed by atoms with Crippen molar-refractivity contribution in [2.75, 3.05) is 46.5 Å². The monoisotopic (exact) mass is 380 g/mol. The van der Waals surface area contributed by atoms with Crippen molar-refractivity contribution in [1.82, 2.24) is 10.2 Å². The van der Waals surface area contributed by atoms with Crippen molar-refractivity contribution >= 4 is 24.8 Å². The SMILES string of the molecule is COc1ccc([C@@H](C2CCOCC2)N2CCNCC2)cc1F.Cl.Cl. The Morgan fingerprint density at radius 1 is 1.21 bits per heavy atom. The number of nitrogens with zero attached hydrogens (tertiary/aromatic N) is 1. The van der Waals surface area contributed by atoms with E-state index in [1.165, 1.54) is 7.11 Å². The second-order valence-corrected chi connectivity index (χ2v) is 6.07. The van der Waals surface area contributed by atoms with E-state index < -0.39 is 0 Å². The average molecular weight is 381 g/mol. The summed E-state index contributed by atoms with van der Waals surface area (Å²) in [5.74, 6) is 0.571. The van der Waals surface area contributed by atoms with Crippen LogP contribution in [0.2, 0.25) is 0 Å². The number of piperazine rings is 1. The zero-order valence-electron chi connectivity index (χ0n) is 14.0. The van der Waals surface area contributed by atoms with Crippen LogP contribution in [0.15, 0.2) is 18.2 Å². The van der Waals surface area contributed by atoms with E-state index >= 15 is 0 Å². The van der Waals surface area contributed by atoms with Gasteiger partial charge in [-0.1, -0.05) is 6.07 Å². The number of halogens is 3. The molecule has 0 spiro atoms. The average Bonchev–Trinajstić information content (AvgIpc) is 2.57. The van der Waals surface area contributed by atoms with Crippen LogP contribution >= 0.6 is 24.8 Å². The Labute approximate surface area is 155 Å². The van der Waals surface area contributed by atoms with E-state index in [1.54, 1.807) is 12.1 Å². The van der Waals surface area contributed by atoms with Crippen molar-refractivity contribution in [3.63, 3.8) is 0 Å². The lowest BCUT2D eigenvalue weighted by Gasteiger charge is -2.41. The molecule has 0 unspecified atom stereocenters. The van der Waals surface area contributed by atoms with Crippen molar-refractivity contribution in [3.8, 4) is 5.75 Å². The van der Waals surface area contributed by atoms with Crippen LogP contribution < -0.4 is 10.1 Å². The van der Waals surface area contributed by atoms with Gasteiger partial charge in [0.25, 0.3) is 0 Å². The number of methoxy groups -OCH3 is 1. The molecule has 1 atom stereocenters. The molecular weight excluding hydrogens is 354 g/mol. The van der Waals surface area contributed by atoms with E-state index in [1.807, 2.05) is 6.07 Å². The maximum atomic E-state index is 14.2. The van der Waals surface area contributed by atoms with Crippen LogP contribution in [0.4, 0.5) is 4.39 Å². The first-order valence-corrected chi connectivity index (χ1v) is 8.15. The summed E-state index contributed by atoms with van der Waals surface area (Å²) in [6.07, 6.45) is 2.09. The van der Waals surface area contributed by atoms with Crippen LogP contribution in [0.25, 0.3) is 0 Å². The first-order chi connectivity index (χ1) is 10.8. The number of rotatable bonds is 4. The topological polar surface area (TPSA) is 33.7 Å². The minimum atomic E-state index is -0.271. The van der Waals surface area contributed by atoms with Crippen molar-refractivity contribution in [2.45, 2.75) is 18.9 Å². The summed E-state index contributed by atoms with van der Waals surface area (Å²) in [5, 5.41) is 3.39. The predicted octanol–water partition coefficient (Wildman–Crippen LogP) is 3.05. The van der Waals surface area contributed by atoms with Crippen LogP contribution in [-0.4, -0.2) is 51.4 Å². The molecular formula is C17H27Cl2FN2O2. The number of ether oxygens (including phenoxy) is 2. The molecule has 7 heteroatoms. The molecule has 0 amide bonds. The molecule has 24 heavy (non-hydrogen) atoms. The van der Waals surface area contributed by atoms with Crippen LogP contribution in [0, 0.1) is 11.7 Å². The third-order valence-corrected chi connectivity index (χ3v) is 4.77. The van der Waals surface area contributed by atoms with Gasteiger partial charge in [0.05, 0.1) is 7.11 Å². The van der Waals surface area contributed by atoms with Gasteiger partial charge in [-0.15, -0.1) is 24.8 Å². The fourth-order valence-corrected chi connectivity index (χ4v) is 3.64. The summed E-state index contributed by atoms with van der Waals surface area (Å²) < 4.78 is 24.7. The molecule has 4 nitrogen and oxygen atoms in total.